The summed E-state index contributed by atoms with van der Waals surface area (Å²) in [4.78, 5) is 35.5. The van der Waals surface area contributed by atoms with E-state index in [1.807, 2.05) is 19.3 Å². The summed E-state index contributed by atoms with van der Waals surface area (Å²) in [6.45, 7) is 3.47. The molecule has 1 aliphatic heterocycles. The van der Waals surface area contributed by atoms with Crippen molar-refractivity contribution in [3.05, 3.63) is 61.1 Å². The van der Waals surface area contributed by atoms with E-state index in [4.69, 9.17) is 0 Å². The van der Waals surface area contributed by atoms with Crippen LogP contribution in [0.4, 0.5) is 28.8 Å². The highest BCUT2D eigenvalue weighted by molar-refractivity contribution is 6.07. The number of nitrogens with zero attached hydrogens (tertiary/aromatic N) is 5. The minimum atomic E-state index is -0.315. The predicted octanol–water partition coefficient (Wildman–Crippen LogP) is 2.86. The average molecular weight is 401 g/mol. The molecular weight excluding hydrogens is 382 g/mol. The number of amides is 2. The van der Waals surface area contributed by atoms with Crippen LogP contribution < -0.4 is 15.5 Å². The molecule has 0 bridgehead atoms. The minimum absolute atomic E-state index is 0.00530. The molecule has 9 heteroatoms. The maximum absolute atomic E-state index is 13.1. The Bertz CT molecular complexity index is 1190. The molecule has 2 N–H and O–H groups in total. The monoisotopic (exact) mass is 401 g/mol. The first kappa shape index (κ1) is 18.0. The lowest BCUT2D eigenvalue weighted by Crippen LogP contribution is -2.32. The molecule has 2 aromatic heterocycles. The third-order valence-electron chi connectivity index (χ3n) is 5.25. The zero-order valence-corrected chi connectivity index (χ0v) is 16.2. The van der Waals surface area contributed by atoms with Crippen molar-refractivity contribution in [2.75, 3.05) is 15.5 Å². The van der Waals surface area contributed by atoms with Crippen LogP contribution in [0.1, 0.15) is 17.9 Å². The fraction of sp³-hybridized carbons (Fsp3) is 0.190. The Morgan fingerprint density at radius 3 is 2.90 bits per heavy atom. The van der Waals surface area contributed by atoms with E-state index >= 15 is 0 Å². The molecule has 2 atom stereocenters. The molecule has 9 nitrogen and oxygen atoms in total. The zero-order chi connectivity index (χ0) is 20.8. The summed E-state index contributed by atoms with van der Waals surface area (Å²) in [5.74, 6) is 0.752. The van der Waals surface area contributed by atoms with Crippen molar-refractivity contribution in [1.29, 1.82) is 0 Å². The van der Waals surface area contributed by atoms with Crippen molar-refractivity contribution < 1.29 is 9.59 Å². The summed E-state index contributed by atoms with van der Waals surface area (Å²) in [7, 11) is 1.82. The van der Waals surface area contributed by atoms with E-state index in [-0.39, 0.29) is 23.7 Å². The Morgan fingerprint density at radius 1 is 1.27 bits per heavy atom. The van der Waals surface area contributed by atoms with Gasteiger partial charge in [0.1, 0.15) is 5.82 Å². The number of rotatable bonds is 5. The molecule has 0 radical (unpaired) electrons. The van der Waals surface area contributed by atoms with Gasteiger partial charge in [-0.1, -0.05) is 12.6 Å². The SMILES string of the molecule is C=CC(=O)Nc1cccc(N2C(=O)[C@@H]3C[C@@H]3c3cnc(Nc4cnn(C)c4)nc32)c1. The van der Waals surface area contributed by atoms with Gasteiger partial charge >= 0.3 is 0 Å². The van der Waals surface area contributed by atoms with Crippen LogP contribution >= 0.6 is 0 Å². The van der Waals surface area contributed by atoms with E-state index < -0.39 is 0 Å². The van der Waals surface area contributed by atoms with Crippen molar-refractivity contribution in [1.82, 2.24) is 19.7 Å². The van der Waals surface area contributed by atoms with Crippen LogP contribution in [0.3, 0.4) is 0 Å². The van der Waals surface area contributed by atoms with Gasteiger partial charge in [0.2, 0.25) is 17.8 Å². The van der Waals surface area contributed by atoms with E-state index in [1.54, 1.807) is 40.2 Å². The van der Waals surface area contributed by atoms with Crippen LogP contribution in [-0.2, 0) is 16.6 Å². The number of carbonyl (C=O) groups excluding carboxylic acids is 2. The first-order chi connectivity index (χ1) is 14.5. The largest absolute Gasteiger partial charge is 0.322 e. The van der Waals surface area contributed by atoms with Crippen molar-refractivity contribution in [3.8, 4) is 0 Å². The quantitative estimate of drug-likeness (QED) is 0.637. The molecule has 2 amide bonds. The van der Waals surface area contributed by atoms with E-state index in [0.717, 1.165) is 17.7 Å². The molecule has 3 heterocycles. The number of fused-ring (bicyclic) bond motifs is 3. The highest BCUT2D eigenvalue weighted by Crippen LogP contribution is 2.56. The molecule has 3 aromatic rings. The molecule has 2 aliphatic rings. The van der Waals surface area contributed by atoms with Crippen molar-refractivity contribution in [3.63, 3.8) is 0 Å². The lowest BCUT2D eigenvalue weighted by Gasteiger charge is -2.28. The summed E-state index contributed by atoms with van der Waals surface area (Å²) in [5, 5.41) is 9.98. The zero-order valence-electron chi connectivity index (χ0n) is 16.2. The van der Waals surface area contributed by atoms with E-state index in [1.165, 1.54) is 6.08 Å². The number of nitrogens with one attached hydrogen (secondary N) is 2. The third-order valence-corrected chi connectivity index (χ3v) is 5.25. The molecule has 1 fully saturated rings. The lowest BCUT2D eigenvalue weighted by molar-refractivity contribution is -0.119. The Hall–Kier alpha value is -4.01. The Labute approximate surface area is 172 Å². The number of hydrogen-bond acceptors (Lipinski definition) is 6. The number of hydrogen-bond donors (Lipinski definition) is 2. The summed E-state index contributed by atoms with van der Waals surface area (Å²) >= 11 is 0. The van der Waals surface area contributed by atoms with Crippen molar-refractivity contribution in [2.45, 2.75) is 12.3 Å². The summed E-state index contributed by atoms with van der Waals surface area (Å²) in [6, 6.07) is 7.12. The smallest absolute Gasteiger partial charge is 0.247 e. The maximum Gasteiger partial charge on any atom is 0.247 e. The third kappa shape index (κ3) is 3.10. The summed E-state index contributed by atoms with van der Waals surface area (Å²) in [5.41, 5.74) is 2.92. The summed E-state index contributed by atoms with van der Waals surface area (Å²) < 4.78 is 1.68. The van der Waals surface area contributed by atoms with Crippen LogP contribution in [0.5, 0.6) is 0 Å². The standard InChI is InChI=1S/C21H19N7O2/c1-3-18(29)24-12-5-4-6-14(7-12)28-19-17(15-8-16(15)20(28)30)10-22-21(26-19)25-13-9-23-27(2)11-13/h3-7,9-11,15-16H,1,8H2,2H3,(H,24,29)(H,22,25,26)/t15-,16+/m0/s1. The number of aryl methyl sites for hydroxylation is 1. The Morgan fingerprint density at radius 2 is 2.13 bits per heavy atom. The molecule has 0 unspecified atom stereocenters. The van der Waals surface area contributed by atoms with Gasteiger partial charge in [0, 0.05) is 42.5 Å². The highest BCUT2D eigenvalue weighted by Gasteiger charge is 2.52. The molecule has 1 saturated carbocycles. The highest BCUT2D eigenvalue weighted by atomic mass is 16.2. The average Bonchev–Trinajstić information content (AvgIpc) is 3.44. The topological polar surface area (TPSA) is 105 Å². The Balaban J connectivity index is 1.53. The molecule has 5 rings (SSSR count). The van der Waals surface area contributed by atoms with Gasteiger partial charge in [-0.3, -0.25) is 19.2 Å². The maximum atomic E-state index is 13.1. The molecule has 1 aliphatic carbocycles. The molecular formula is C21H19N7O2. The van der Waals surface area contributed by atoms with E-state index in [0.29, 0.717) is 23.1 Å². The molecule has 30 heavy (non-hydrogen) atoms. The fourth-order valence-electron chi connectivity index (χ4n) is 3.75. The first-order valence-electron chi connectivity index (χ1n) is 9.53. The second-order valence-electron chi connectivity index (χ2n) is 7.37. The number of aromatic nitrogens is 4. The normalized spacial score (nSPS) is 19.0. The van der Waals surface area contributed by atoms with E-state index in [9.17, 15) is 9.59 Å². The molecule has 1 aromatic carbocycles. The van der Waals surface area contributed by atoms with Crippen LogP contribution in [0.2, 0.25) is 0 Å². The van der Waals surface area contributed by atoms with Crippen molar-refractivity contribution >= 4 is 40.6 Å². The van der Waals surface area contributed by atoms with Crippen LogP contribution in [0.25, 0.3) is 0 Å². The minimum Gasteiger partial charge on any atom is -0.322 e. The van der Waals surface area contributed by atoms with Gasteiger partial charge in [-0.2, -0.15) is 10.1 Å². The molecule has 0 spiro atoms. The number of benzene rings is 1. The number of anilines is 5. The first-order valence-corrected chi connectivity index (χ1v) is 9.53. The lowest BCUT2D eigenvalue weighted by atomic mass is 10.1. The number of carbonyl (C=O) groups is 2. The van der Waals surface area contributed by atoms with Gasteiger partial charge in [-0.05, 0) is 30.7 Å². The second-order valence-corrected chi connectivity index (χ2v) is 7.37. The van der Waals surface area contributed by atoms with Crippen molar-refractivity contribution in [2.24, 2.45) is 13.0 Å². The van der Waals surface area contributed by atoms with Crippen LogP contribution in [0, 0.1) is 5.92 Å². The molecule has 0 saturated heterocycles. The van der Waals surface area contributed by atoms with Gasteiger partial charge in [0.25, 0.3) is 0 Å². The van der Waals surface area contributed by atoms with Crippen LogP contribution in [-0.4, -0.2) is 31.6 Å². The predicted molar refractivity (Wildman–Crippen MR) is 112 cm³/mol. The Kier molecular flexibility index (Phi) is 4.09. The van der Waals surface area contributed by atoms with Gasteiger partial charge < -0.3 is 10.6 Å². The van der Waals surface area contributed by atoms with Gasteiger partial charge in [-0.25, -0.2) is 4.98 Å². The van der Waals surface area contributed by atoms with Gasteiger partial charge in [0.05, 0.1) is 17.6 Å². The second kappa shape index (κ2) is 6.80. The molecule has 150 valence electrons. The summed E-state index contributed by atoms with van der Waals surface area (Å²) in [6.07, 6.45) is 7.28. The van der Waals surface area contributed by atoms with Gasteiger partial charge in [0.15, 0.2) is 0 Å². The fourth-order valence-corrected chi connectivity index (χ4v) is 3.75. The van der Waals surface area contributed by atoms with Gasteiger partial charge in [-0.15, -0.1) is 0 Å². The van der Waals surface area contributed by atoms with E-state index in [2.05, 4.69) is 32.3 Å². The van der Waals surface area contributed by atoms with Crippen LogP contribution in [0.15, 0.2) is 55.5 Å².